The van der Waals surface area contributed by atoms with E-state index < -0.39 is 102 Å². The zero-order valence-electron chi connectivity index (χ0n) is 22.7. The minimum atomic E-state index is -5.47. The van der Waals surface area contributed by atoms with Gasteiger partial charge in [-0.2, -0.15) is 11.3 Å². The summed E-state index contributed by atoms with van der Waals surface area (Å²) < 4.78 is 46.1. The molecule has 0 aliphatic heterocycles. The SMILES string of the molecule is O=C(O)C(CC(Cc1cccs1)(C(=O)O)P(=O)(O)O)P(=O)(O)O.O=C(O)C(CC(Cc1ccsc1)(C(=O)O)P(=O)(O)O)P(=O)(O)O. The van der Waals surface area contributed by atoms with Crippen molar-refractivity contribution in [2.24, 2.45) is 0 Å². The third-order valence-corrected chi connectivity index (χ3v) is 13.8. The Morgan fingerprint density at radius 1 is 0.652 bits per heavy atom. The van der Waals surface area contributed by atoms with Crippen molar-refractivity contribution in [3.63, 3.8) is 0 Å². The highest BCUT2D eigenvalue weighted by Gasteiger charge is 2.59. The van der Waals surface area contributed by atoms with Gasteiger partial charge >= 0.3 is 54.3 Å². The molecule has 2 heterocycles. The maximum absolute atomic E-state index is 11.8. The number of carbonyl (C=O) groups is 4. The minimum absolute atomic E-state index is 0.204. The molecule has 0 saturated heterocycles. The van der Waals surface area contributed by atoms with Crippen molar-refractivity contribution < 1.29 is 97.0 Å². The maximum Gasteiger partial charge on any atom is 0.343 e. The van der Waals surface area contributed by atoms with Gasteiger partial charge in [0.2, 0.25) is 0 Å². The lowest BCUT2D eigenvalue weighted by Crippen LogP contribution is -2.45. The first-order chi connectivity index (χ1) is 20.6. The van der Waals surface area contributed by atoms with Crippen molar-refractivity contribution in [1.82, 2.24) is 0 Å². The average Bonchev–Trinajstić information content (AvgIpc) is 3.55. The molecule has 260 valence electrons. The molecule has 0 bridgehead atoms. The van der Waals surface area contributed by atoms with Crippen molar-refractivity contribution >= 4 is 76.9 Å². The van der Waals surface area contributed by atoms with Crippen LogP contribution in [-0.2, 0) is 50.3 Å². The zero-order chi connectivity index (χ0) is 36.1. The molecule has 12 N–H and O–H groups in total. The van der Waals surface area contributed by atoms with Gasteiger partial charge in [-0.3, -0.25) is 37.4 Å². The molecule has 0 saturated carbocycles. The van der Waals surface area contributed by atoms with Gasteiger partial charge in [0.15, 0.2) is 21.6 Å². The Hall–Kier alpha value is -2.12. The van der Waals surface area contributed by atoms with E-state index in [9.17, 15) is 67.2 Å². The lowest BCUT2D eigenvalue weighted by atomic mass is 9.94. The number of carboxylic acids is 4. The van der Waals surface area contributed by atoms with Crippen LogP contribution in [0.2, 0.25) is 0 Å². The highest BCUT2D eigenvalue weighted by Crippen LogP contribution is 2.60. The van der Waals surface area contributed by atoms with Crippen LogP contribution in [-0.4, -0.2) is 105 Å². The van der Waals surface area contributed by atoms with Gasteiger partial charge in [-0.1, -0.05) is 6.07 Å². The van der Waals surface area contributed by atoms with Crippen LogP contribution in [0.4, 0.5) is 0 Å². The topological polar surface area (TPSA) is 379 Å². The Bertz CT molecular complexity index is 1470. The summed E-state index contributed by atoms with van der Waals surface area (Å²) in [6.45, 7) is 0. The van der Waals surface area contributed by atoms with Crippen LogP contribution in [0, 0.1) is 0 Å². The van der Waals surface area contributed by atoms with E-state index in [0.717, 1.165) is 22.7 Å². The predicted molar refractivity (Wildman–Crippen MR) is 157 cm³/mol. The molecule has 2 aromatic heterocycles. The normalized spacial score (nSPS) is 16.5. The maximum atomic E-state index is 11.8. The molecule has 0 radical (unpaired) electrons. The number of hydrogen-bond acceptors (Lipinski definition) is 10. The summed E-state index contributed by atoms with van der Waals surface area (Å²) in [5.74, 6) is -8.14. The van der Waals surface area contributed by atoms with Gasteiger partial charge in [0.25, 0.3) is 0 Å². The largest absolute Gasteiger partial charge is 0.481 e. The van der Waals surface area contributed by atoms with Crippen molar-refractivity contribution in [2.45, 2.75) is 47.3 Å². The van der Waals surface area contributed by atoms with Crippen LogP contribution in [0.1, 0.15) is 23.3 Å². The zero-order valence-corrected chi connectivity index (χ0v) is 27.9. The molecule has 20 nitrogen and oxygen atoms in total. The number of rotatable bonds is 16. The molecule has 4 atom stereocenters. The third-order valence-electron chi connectivity index (χ3n) is 6.48. The van der Waals surface area contributed by atoms with Crippen molar-refractivity contribution in [2.75, 3.05) is 0 Å². The first kappa shape index (κ1) is 41.9. The van der Waals surface area contributed by atoms with Gasteiger partial charge in [0, 0.05) is 30.6 Å². The highest BCUT2D eigenvalue weighted by atomic mass is 32.1. The molecular formula is C20H28O20P4S2. The van der Waals surface area contributed by atoms with Crippen molar-refractivity contribution in [3.05, 3.63) is 44.8 Å². The molecule has 26 heteroatoms. The van der Waals surface area contributed by atoms with Gasteiger partial charge in [-0.15, -0.1) is 11.3 Å². The molecule has 2 rings (SSSR count). The molecule has 0 amide bonds. The number of thiophene rings is 2. The van der Waals surface area contributed by atoms with E-state index in [2.05, 4.69) is 0 Å². The summed E-state index contributed by atoms with van der Waals surface area (Å²) >= 11 is 2.10. The van der Waals surface area contributed by atoms with E-state index in [4.69, 9.17) is 29.8 Å². The van der Waals surface area contributed by atoms with E-state index in [-0.39, 0.29) is 10.4 Å². The molecule has 46 heavy (non-hydrogen) atoms. The number of aliphatic carboxylic acids is 4. The first-order valence-corrected chi connectivity index (χ1v) is 20.2. The second-order valence-corrected chi connectivity index (χ2v) is 18.9. The van der Waals surface area contributed by atoms with E-state index in [0.29, 0.717) is 0 Å². The van der Waals surface area contributed by atoms with Crippen LogP contribution in [0.3, 0.4) is 0 Å². The fraction of sp³-hybridized carbons (Fsp3) is 0.400. The molecule has 2 aromatic rings. The Kier molecular flexibility index (Phi) is 14.0. The fourth-order valence-corrected chi connectivity index (χ4v) is 9.60. The molecule has 0 fully saturated rings. The smallest absolute Gasteiger partial charge is 0.343 e. The summed E-state index contributed by atoms with van der Waals surface area (Å²) in [5, 5.41) is 35.0. The van der Waals surface area contributed by atoms with Gasteiger partial charge in [-0.05, 0) is 33.8 Å². The minimum Gasteiger partial charge on any atom is -0.481 e. The standard InChI is InChI=1S/2C10H14O10P2S/c11-8(12)7(21(15,16)17)4-10(9(13)14,22(18,19)20)3-6-1-2-23-5-6;11-8(12)7(21(15,16)17)5-10(9(13)14,22(18,19)20)4-6-2-1-3-23-6/h1-2,5,7H,3-4H2,(H,11,12)(H,13,14)(H2,15,16,17)(H2,18,19,20);1-3,7H,4-5H2,(H,11,12)(H,13,14)(H2,15,16,17)(H2,18,19,20). The Balaban J connectivity index is 0.000000460. The number of carboxylic acid groups (broad SMARTS) is 4. The fourth-order valence-electron chi connectivity index (χ4n) is 3.94. The molecule has 4 unspecified atom stereocenters. The van der Waals surface area contributed by atoms with E-state index in [1.165, 1.54) is 34.3 Å². The molecule has 0 aliphatic rings. The summed E-state index contributed by atoms with van der Waals surface area (Å²) in [7, 11) is -21.6. The second-order valence-electron chi connectivity index (χ2n) is 9.62. The van der Waals surface area contributed by atoms with Gasteiger partial charge < -0.3 is 59.6 Å². The van der Waals surface area contributed by atoms with E-state index in [1.807, 2.05) is 0 Å². The van der Waals surface area contributed by atoms with Crippen molar-refractivity contribution in [1.29, 1.82) is 0 Å². The summed E-state index contributed by atoms with van der Waals surface area (Å²) in [6, 6.07) is 4.25. The Morgan fingerprint density at radius 2 is 1.07 bits per heavy atom. The highest BCUT2D eigenvalue weighted by molar-refractivity contribution is 7.56. The van der Waals surface area contributed by atoms with Crippen LogP contribution in [0.5, 0.6) is 0 Å². The first-order valence-electron chi connectivity index (χ1n) is 11.8. The molecule has 0 spiro atoms. The van der Waals surface area contributed by atoms with Crippen LogP contribution in [0.25, 0.3) is 0 Å². The predicted octanol–water partition coefficient (Wildman–Crippen LogP) is 0.625. The lowest BCUT2D eigenvalue weighted by molar-refractivity contribution is -0.143. The lowest BCUT2D eigenvalue weighted by Gasteiger charge is -2.32. The quantitative estimate of drug-likeness (QED) is 0.104. The molecular weight excluding hydrogens is 748 g/mol. The second kappa shape index (κ2) is 15.4. The summed E-state index contributed by atoms with van der Waals surface area (Å²) in [4.78, 5) is 120. The van der Waals surface area contributed by atoms with Gasteiger partial charge in [0.1, 0.15) is 0 Å². The van der Waals surface area contributed by atoms with Gasteiger partial charge in [0.05, 0.1) is 0 Å². The van der Waals surface area contributed by atoms with Gasteiger partial charge in [-0.25, -0.2) is 0 Å². The monoisotopic (exact) mass is 776 g/mol. The van der Waals surface area contributed by atoms with Crippen molar-refractivity contribution in [3.8, 4) is 0 Å². The Labute approximate surface area is 265 Å². The van der Waals surface area contributed by atoms with E-state index in [1.54, 1.807) is 0 Å². The Morgan fingerprint density at radius 3 is 1.33 bits per heavy atom. The van der Waals surface area contributed by atoms with Crippen LogP contribution < -0.4 is 0 Å². The van der Waals surface area contributed by atoms with E-state index >= 15 is 0 Å². The summed E-state index contributed by atoms with van der Waals surface area (Å²) in [6.07, 6.45) is -4.35. The van der Waals surface area contributed by atoms with Crippen LogP contribution >= 0.6 is 53.1 Å². The summed E-state index contributed by atoms with van der Waals surface area (Å²) in [5.41, 5.74) is -4.90. The number of hydrogen-bond donors (Lipinski definition) is 12. The van der Waals surface area contributed by atoms with Crippen LogP contribution in [0.15, 0.2) is 34.3 Å². The third kappa shape index (κ3) is 10.4. The molecule has 0 aromatic carbocycles. The molecule has 0 aliphatic carbocycles. The average molecular weight is 776 g/mol.